The highest BCUT2D eigenvalue weighted by atomic mass is 32.2. The van der Waals surface area contributed by atoms with E-state index in [2.05, 4.69) is 15.5 Å². The first-order chi connectivity index (χ1) is 14.3. The summed E-state index contributed by atoms with van der Waals surface area (Å²) in [5.74, 6) is -0.200. The Morgan fingerprint density at radius 2 is 1.77 bits per heavy atom. The lowest BCUT2D eigenvalue weighted by molar-refractivity contribution is -0.125. The predicted molar refractivity (Wildman–Crippen MR) is 113 cm³/mol. The molecular weight excluding hydrogens is 404 g/mol. The van der Waals surface area contributed by atoms with E-state index in [-0.39, 0.29) is 11.8 Å². The lowest BCUT2D eigenvalue weighted by Crippen LogP contribution is -2.54. The topological polar surface area (TPSA) is 98.8 Å². The molecule has 158 valence electrons. The van der Waals surface area contributed by atoms with Gasteiger partial charge in [-0.3, -0.25) is 14.4 Å². The number of rotatable bonds is 4. The molecule has 2 N–H and O–H groups in total. The van der Waals surface area contributed by atoms with E-state index in [9.17, 15) is 18.0 Å². The van der Waals surface area contributed by atoms with Gasteiger partial charge in [-0.2, -0.15) is 0 Å². The Morgan fingerprint density at radius 3 is 2.43 bits per heavy atom. The van der Waals surface area contributed by atoms with Gasteiger partial charge in [0.2, 0.25) is 0 Å². The molecule has 0 spiro atoms. The molecule has 1 unspecified atom stereocenters. The molecule has 30 heavy (non-hydrogen) atoms. The van der Waals surface area contributed by atoms with Crippen LogP contribution in [0.15, 0.2) is 41.3 Å². The summed E-state index contributed by atoms with van der Waals surface area (Å²) >= 11 is 0. The van der Waals surface area contributed by atoms with Crippen molar-refractivity contribution in [3.8, 4) is 0 Å². The zero-order valence-corrected chi connectivity index (χ0v) is 17.5. The SMILES string of the molecule is CC1(C2CCN(CCN3c4cccc5cccc(c45)S3(=O)=O)CC2)NC(=O)NC1=O. The zero-order chi connectivity index (χ0) is 21.1. The molecule has 2 saturated heterocycles. The Balaban J connectivity index is 1.27. The van der Waals surface area contributed by atoms with Gasteiger partial charge in [-0.25, -0.2) is 13.2 Å². The summed E-state index contributed by atoms with van der Waals surface area (Å²) in [6, 6.07) is 10.7. The summed E-state index contributed by atoms with van der Waals surface area (Å²) in [5, 5.41) is 6.83. The maximum Gasteiger partial charge on any atom is 0.322 e. The van der Waals surface area contributed by atoms with Gasteiger partial charge in [0, 0.05) is 18.5 Å². The van der Waals surface area contributed by atoms with Crippen LogP contribution in [0.2, 0.25) is 0 Å². The predicted octanol–water partition coefficient (Wildman–Crippen LogP) is 1.66. The first-order valence-electron chi connectivity index (χ1n) is 10.2. The Bertz CT molecular complexity index is 1150. The monoisotopic (exact) mass is 428 g/mol. The van der Waals surface area contributed by atoms with Gasteiger partial charge in [0.1, 0.15) is 5.54 Å². The van der Waals surface area contributed by atoms with Crippen molar-refractivity contribution in [3.63, 3.8) is 0 Å². The molecule has 1 atom stereocenters. The normalized spacial score (nSPS) is 26.2. The van der Waals surface area contributed by atoms with Crippen molar-refractivity contribution in [2.45, 2.75) is 30.2 Å². The second-order valence-corrected chi connectivity index (χ2v) is 10.3. The fourth-order valence-electron chi connectivity index (χ4n) is 5.01. The van der Waals surface area contributed by atoms with Gasteiger partial charge >= 0.3 is 6.03 Å². The van der Waals surface area contributed by atoms with Crippen LogP contribution in [0.3, 0.4) is 0 Å². The molecule has 0 aliphatic carbocycles. The van der Waals surface area contributed by atoms with Crippen molar-refractivity contribution in [2.75, 3.05) is 30.5 Å². The molecule has 0 bridgehead atoms. The van der Waals surface area contributed by atoms with Crippen molar-refractivity contribution in [1.82, 2.24) is 15.5 Å². The van der Waals surface area contributed by atoms with Crippen molar-refractivity contribution >= 4 is 38.4 Å². The fraction of sp³-hybridized carbons (Fsp3) is 0.429. The fourth-order valence-corrected chi connectivity index (χ4v) is 6.71. The summed E-state index contributed by atoms with van der Waals surface area (Å²) in [6.07, 6.45) is 1.54. The number of hydrogen-bond donors (Lipinski definition) is 2. The zero-order valence-electron chi connectivity index (χ0n) is 16.7. The number of urea groups is 1. The molecule has 3 aliphatic rings. The van der Waals surface area contributed by atoms with E-state index >= 15 is 0 Å². The number of sulfonamides is 1. The summed E-state index contributed by atoms with van der Waals surface area (Å²) < 4.78 is 27.7. The second kappa shape index (κ2) is 6.68. The molecule has 0 aromatic heterocycles. The van der Waals surface area contributed by atoms with Crippen LogP contribution in [0, 0.1) is 5.92 Å². The van der Waals surface area contributed by atoms with Crippen molar-refractivity contribution in [3.05, 3.63) is 36.4 Å². The van der Waals surface area contributed by atoms with Gasteiger partial charge < -0.3 is 10.2 Å². The minimum absolute atomic E-state index is 0.0636. The summed E-state index contributed by atoms with van der Waals surface area (Å²) in [5.41, 5.74) is -0.116. The van der Waals surface area contributed by atoms with Crippen LogP contribution in [0.25, 0.3) is 10.8 Å². The Kier molecular flexibility index (Phi) is 4.30. The molecule has 3 heterocycles. The number of hydrogen-bond acceptors (Lipinski definition) is 5. The van der Waals surface area contributed by atoms with Crippen LogP contribution in [-0.4, -0.2) is 57.0 Å². The summed E-state index contributed by atoms with van der Waals surface area (Å²) in [4.78, 5) is 26.3. The minimum atomic E-state index is -3.54. The van der Waals surface area contributed by atoms with E-state index in [1.807, 2.05) is 24.3 Å². The number of benzene rings is 2. The summed E-state index contributed by atoms with van der Waals surface area (Å²) in [7, 11) is -3.54. The van der Waals surface area contributed by atoms with Crippen molar-refractivity contribution < 1.29 is 18.0 Å². The third-order valence-corrected chi connectivity index (χ3v) is 8.63. The number of likely N-dealkylation sites (tertiary alicyclic amines) is 1. The third kappa shape index (κ3) is 2.79. The first kappa shape index (κ1) is 19.3. The number of nitrogens with one attached hydrogen (secondary N) is 2. The molecule has 9 heteroatoms. The quantitative estimate of drug-likeness (QED) is 0.722. The lowest BCUT2D eigenvalue weighted by Gasteiger charge is -2.39. The van der Waals surface area contributed by atoms with Gasteiger partial charge in [0.25, 0.3) is 15.9 Å². The highest BCUT2D eigenvalue weighted by molar-refractivity contribution is 7.93. The highest BCUT2D eigenvalue weighted by Gasteiger charge is 2.48. The average Bonchev–Trinajstić information content (AvgIpc) is 3.12. The molecule has 5 rings (SSSR count). The van der Waals surface area contributed by atoms with Crippen LogP contribution in [0.1, 0.15) is 19.8 Å². The number of carbonyl (C=O) groups is 2. The largest absolute Gasteiger partial charge is 0.323 e. The Hall–Kier alpha value is -2.65. The number of anilines is 1. The molecule has 0 radical (unpaired) electrons. The van der Waals surface area contributed by atoms with E-state index < -0.39 is 21.6 Å². The number of piperidine rings is 1. The van der Waals surface area contributed by atoms with Gasteiger partial charge in [-0.05, 0) is 56.3 Å². The molecule has 3 amide bonds. The second-order valence-electron chi connectivity index (χ2n) is 8.44. The molecule has 2 aromatic carbocycles. The maximum atomic E-state index is 13.1. The smallest absolute Gasteiger partial charge is 0.322 e. The van der Waals surface area contributed by atoms with Crippen LogP contribution >= 0.6 is 0 Å². The van der Waals surface area contributed by atoms with Gasteiger partial charge in [-0.15, -0.1) is 0 Å². The lowest BCUT2D eigenvalue weighted by atomic mass is 9.79. The van der Waals surface area contributed by atoms with Crippen molar-refractivity contribution in [2.24, 2.45) is 5.92 Å². The van der Waals surface area contributed by atoms with E-state index in [1.54, 1.807) is 19.1 Å². The molecular formula is C21H24N4O4S. The number of carbonyl (C=O) groups excluding carboxylic acids is 2. The highest BCUT2D eigenvalue weighted by Crippen LogP contribution is 2.41. The summed E-state index contributed by atoms with van der Waals surface area (Å²) in [6.45, 7) is 4.30. The molecule has 2 aromatic rings. The molecule has 8 nitrogen and oxygen atoms in total. The van der Waals surface area contributed by atoms with Crippen LogP contribution in [0.4, 0.5) is 10.5 Å². The molecule has 2 fully saturated rings. The van der Waals surface area contributed by atoms with Gasteiger partial charge in [-0.1, -0.05) is 24.3 Å². The first-order valence-corrected chi connectivity index (χ1v) is 11.7. The maximum absolute atomic E-state index is 13.1. The van der Waals surface area contributed by atoms with E-state index in [1.165, 1.54) is 4.31 Å². The van der Waals surface area contributed by atoms with E-state index in [0.717, 1.165) is 42.4 Å². The number of amides is 3. The Morgan fingerprint density at radius 1 is 1.07 bits per heavy atom. The molecule has 0 saturated carbocycles. The van der Waals surface area contributed by atoms with Gasteiger partial charge in [0.15, 0.2) is 0 Å². The number of imide groups is 1. The van der Waals surface area contributed by atoms with E-state index in [4.69, 9.17) is 0 Å². The van der Waals surface area contributed by atoms with E-state index in [0.29, 0.717) is 18.0 Å². The minimum Gasteiger partial charge on any atom is -0.323 e. The van der Waals surface area contributed by atoms with Gasteiger partial charge in [0.05, 0.1) is 10.6 Å². The average molecular weight is 429 g/mol. The standard InChI is InChI=1S/C21H24N4O4S/c1-21(19(26)22-20(27)23-21)15-8-10-24(11-9-15)12-13-25-16-6-2-4-14-5-3-7-17(18(14)16)30(25,28)29/h2-7,15H,8-13H2,1H3,(H2,22,23,26,27). The number of nitrogens with zero attached hydrogens (tertiary/aromatic N) is 2. The van der Waals surface area contributed by atoms with Crippen LogP contribution in [-0.2, 0) is 14.8 Å². The van der Waals surface area contributed by atoms with Crippen molar-refractivity contribution in [1.29, 1.82) is 0 Å². The Labute approximate surface area is 175 Å². The van der Waals surface area contributed by atoms with Crippen LogP contribution < -0.4 is 14.9 Å². The third-order valence-electron chi connectivity index (χ3n) is 6.78. The van der Waals surface area contributed by atoms with Crippen LogP contribution in [0.5, 0.6) is 0 Å². The molecule has 3 aliphatic heterocycles.